The highest BCUT2D eigenvalue weighted by Gasteiger charge is 2.17. The molecule has 0 saturated heterocycles. The molecular formula is C18H15F2NO3. The van der Waals surface area contributed by atoms with Crippen molar-refractivity contribution >= 4 is 22.8 Å². The SMILES string of the molecule is CC(C)OC(=O)/C(C#N)=C/c1c(OC(F)F)ccc2ccccc12. The van der Waals surface area contributed by atoms with E-state index in [1.54, 1.807) is 50.2 Å². The molecular weight excluding hydrogens is 316 g/mol. The maximum atomic E-state index is 12.7. The molecule has 0 spiro atoms. The Morgan fingerprint density at radius 3 is 2.54 bits per heavy atom. The number of benzene rings is 2. The highest BCUT2D eigenvalue weighted by atomic mass is 19.3. The van der Waals surface area contributed by atoms with Crippen LogP contribution in [0.15, 0.2) is 42.0 Å². The van der Waals surface area contributed by atoms with Gasteiger partial charge in [-0.1, -0.05) is 30.3 Å². The van der Waals surface area contributed by atoms with Crippen LogP contribution in [0.5, 0.6) is 5.75 Å². The van der Waals surface area contributed by atoms with Crippen LogP contribution >= 0.6 is 0 Å². The average Bonchev–Trinajstić information content (AvgIpc) is 2.52. The lowest BCUT2D eigenvalue weighted by Crippen LogP contribution is -2.13. The van der Waals surface area contributed by atoms with Crippen molar-refractivity contribution in [2.75, 3.05) is 0 Å². The monoisotopic (exact) mass is 331 g/mol. The van der Waals surface area contributed by atoms with E-state index in [2.05, 4.69) is 4.74 Å². The van der Waals surface area contributed by atoms with Crippen molar-refractivity contribution in [3.8, 4) is 11.8 Å². The van der Waals surface area contributed by atoms with Gasteiger partial charge in [-0.15, -0.1) is 0 Å². The average molecular weight is 331 g/mol. The first-order valence-corrected chi connectivity index (χ1v) is 7.21. The van der Waals surface area contributed by atoms with Gasteiger partial charge in [-0.3, -0.25) is 0 Å². The largest absolute Gasteiger partial charge is 0.459 e. The van der Waals surface area contributed by atoms with Crippen molar-refractivity contribution in [2.24, 2.45) is 0 Å². The third-order valence-corrected chi connectivity index (χ3v) is 3.12. The minimum atomic E-state index is -3.02. The second-order valence-corrected chi connectivity index (χ2v) is 5.20. The summed E-state index contributed by atoms with van der Waals surface area (Å²) in [7, 11) is 0. The van der Waals surface area contributed by atoms with Gasteiger partial charge in [-0.25, -0.2) is 4.79 Å². The summed E-state index contributed by atoms with van der Waals surface area (Å²) in [5.74, 6) is -0.933. The molecule has 4 nitrogen and oxygen atoms in total. The smallest absolute Gasteiger partial charge is 0.387 e. The number of esters is 1. The van der Waals surface area contributed by atoms with Crippen LogP contribution in [0.1, 0.15) is 19.4 Å². The summed E-state index contributed by atoms with van der Waals surface area (Å²) in [6, 6.07) is 11.8. The second kappa shape index (κ2) is 7.55. The molecule has 0 aliphatic heterocycles. The third-order valence-electron chi connectivity index (χ3n) is 3.12. The highest BCUT2D eigenvalue weighted by molar-refractivity contribution is 6.02. The summed E-state index contributed by atoms with van der Waals surface area (Å²) in [5, 5.41) is 10.6. The summed E-state index contributed by atoms with van der Waals surface area (Å²) < 4.78 is 34.8. The molecule has 0 saturated carbocycles. The standard InChI is InChI=1S/C18H15F2NO3/c1-11(2)23-17(22)13(10-21)9-15-14-6-4-3-5-12(14)7-8-16(15)24-18(19)20/h3-9,11,18H,1-2H3/b13-9+. The Balaban J connectivity index is 2.61. The van der Waals surface area contributed by atoms with Gasteiger partial charge < -0.3 is 9.47 Å². The van der Waals surface area contributed by atoms with Crippen LogP contribution in [-0.4, -0.2) is 18.7 Å². The number of fused-ring (bicyclic) bond motifs is 1. The minimum absolute atomic E-state index is 0.117. The molecule has 0 bridgehead atoms. The maximum Gasteiger partial charge on any atom is 0.387 e. The van der Waals surface area contributed by atoms with Crippen LogP contribution in [0.25, 0.3) is 16.8 Å². The molecule has 0 unspecified atom stereocenters. The zero-order chi connectivity index (χ0) is 17.7. The van der Waals surface area contributed by atoms with E-state index in [1.807, 2.05) is 0 Å². The van der Waals surface area contributed by atoms with Gasteiger partial charge >= 0.3 is 12.6 Å². The van der Waals surface area contributed by atoms with Gasteiger partial charge in [-0.2, -0.15) is 14.0 Å². The fourth-order valence-electron chi connectivity index (χ4n) is 2.18. The molecule has 2 aromatic rings. The zero-order valence-corrected chi connectivity index (χ0v) is 13.1. The molecule has 0 fully saturated rings. The molecule has 0 N–H and O–H groups in total. The van der Waals surface area contributed by atoms with Gasteiger partial charge in [0, 0.05) is 5.56 Å². The topological polar surface area (TPSA) is 59.3 Å². The van der Waals surface area contributed by atoms with Crippen molar-refractivity contribution in [3.05, 3.63) is 47.5 Å². The van der Waals surface area contributed by atoms with Gasteiger partial charge in [-0.05, 0) is 36.8 Å². The molecule has 2 aromatic carbocycles. The Morgan fingerprint density at radius 2 is 1.92 bits per heavy atom. The predicted molar refractivity (Wildman–Crippen MR) is 85.4 cm³/mol. The molecule has 2 rings (SSSR count). The number of carbonyl (C=O) groups excluding carboxylic acids is 1. The Hall–Kier alpha value is -2.94. The zero-order valence-electron chi connectivity index (χ0n) is 13.1. The van der Waals surface area contributed by atoms with Crippen LogP contribution in [0.2, 0.25) is 0 Å². The third kappa shape index (κ3) is 4.07. The predicted octanol–water partition coefficient (Wildman–Crippen LogP) is 4.30. The Bertz CT molecular complexity index is 823. The first-order chi connectivity index (χ1) is 11.4. The molecule has 24 heavy (non-hydrogen) atoms. The number of rotatable bonds is 5. The van der Waals surface area contributed by atoms with E-state index in [4.69, 9.17) is 4.74 Å². The Labute approximate surface area is 137 Å². The summed E-state index contributed by atoms with van der Waals surface area (Å²) in [6.07, 6.45) is 0.809. The number of nitriles is 1. The molecule has 0 radical (unpaired) electrons. The number of carbonyl (C=O) groups is 1. The van der Waals surface area contributed by atoms with Crippen molar-refractivity contribution in [1.82, 2.24) is 0 Å². The fourth-order valence-corrected chi connectivity index (χ4v) is 2.18. The summed E-state index contributed by atoms with van der Waals surface area (Å²) in [6.45, 7) is 0.276. The number of hydrogen-bond acceptors (Lipinski definition) is 4. The number of ether oxygens (including phenoxy) is 2. The van der Waals surface area contributed by atoms with Crippen LogP contribution in [0.4, 0.5) is 8.78 Å². The van der Waals surface area contributed by atoms with Crippen molar-refractivity contribution < 1.29 is 23.0 Å². The minimum Gasteiger partial charge on any atom is -0.459 e. The van der Waals surface area contributed by atoms with Crippen molar-refractivity contribution in [3.63, 3.8) is 0 Å². The summed E-state index contributed by atoms with van der Waals surface area (Å²) in [5.41, 5.74) is -0.0650. The van der Waals surface area contributed by atoms with Crippen LogP contribution in [0, 0.1) is 11.3 Å². The van der Waals surface area contributed by atoms with Gasteiger partial charge in [0.2, 0.25) is 0 Å². The number of nitrogens with zero attached hydrogens (tertiary/aromatic N) is 1. The molecule has 0 aliphatic rings. The van der Waals surface area contributed by atoms with Crippen LogP contribution < -0.4 is 4.74 Å². The quantitative estimate of drug-likeness (QED) is 0.466. The Morgan fingerprint density at radius 1 is 1.21 bits per heavy atom. The van der Waals surface area contributed by atoms with E-state index < -0.39 is 18.7 Å². The first kappa shape index (κ1) is 17.4. The molecule has 0 aliphatic carbocycles. The van der Waals surface area contributed by atoms with Crippen molar-refractivity contribution in [1.29, 1.82) is 5.26 Å². The van der Waals surface area contributed by atoms with E-state index in [1.165, 1.54) is 12.1 Å². The van der Waals surface area contributed by atoms with E-state index >= 15 is 0 Å². The van der Waals surface area contributed by atoms with E-state index in [0.29, 0.717) is 5.39 Å². The molecule has 0 amide bonds. The molecule has 0 atom stereocenters. The fraction of sp³-hybridized carbons (Fsp3) is 0.222. The normalized spacial score (nSPS) is 11.6. The van der Waals surface area contributed by atoms with Crippen LogP contribution in [-0.2, 0) is 9.53 Å². The van der Waals surface area contributed by atoms with E-state index in [0.717, 1.165) is 5.39 Å². The lowest BCUT2D eigenvalue weighted by molar-refractivity contribution is -0.142. The first-order valence-electron chi connectivity index (χ1n) is 7.21. The molecule has 0 heterocycles. The number of halogens is 2. The van der Waals surface area contributed by atoms with E-state index in [-0.39, 0.29) is 16.9 Å². The lowest BCUT2D eigenvalue weighted by Gasteiger charge is -2.12. The highest BCUT2D eigenvalue weighted by Crippen LogP contribution is 2.31. The molecule has 0 aromatic heterocycles. The second-order valence-electron chi connectivity index (χ2n) is 5.20. The Kier molecular flexibility index (Phi) is 5.48. The number of hydrogen-bond donors (Lipinski definition) is 0. The maximum absolute atomic E-state index is 12.7. The van der Waals surface area contributed by atoms with Crippen molar-refractivity contribution in [2.45, 2.75) is 26.6 Å². The summed E-state index contributed by atoms with van der Waals surface area (Å²) in [4.78, 5) is 12.0. The van der Waals surface area contributed by atoms with Crippen LogP contribution in [0.3, 0.4) is 0 Å². The molecule has 6 heteroatoms. The lowest BCUT2D eigenvalue weighted by atomic mass is 10.0. The summed E-state index contributed by atoms with van der Waals surface area (Å²) >= 11 is 0. The van der Waals surface area contributed by atoms with Gasteiger partial charge in [0.05, 0.1) is 6.10 Å². The van der Waals surface area contributed by atoms with Gasteiger partial charge in [0.25, 0.3) is 0 Å². The molecule has 124 valence electrons. The van der Waals surface area contributed by atoms with E-state index in [9.17, 15) is 18.8 Å². The van der Waals surface area contributed by atoms with Gasteiger partial charge in [0.15, 0.2) is 0 Å². The van der Waals surface area contributed by atoms with Gasteiger partial charge in [0.1, 0.15) is 17.4 Å². The number of alkyl halides is 2.